The van der Waals surface area contributed by atoms with Gasteiger partial charge in [0.15, 0.2) is 0 Å². The van der Waals surface area contributed by atoms with Gasteiger partial charge in [-0.2, -0.15) is 0 Å². The lowest BCUT2D eigenvalue weighted by molar-refractivity contribution is 0.103. The first kappa shape index (κ1) is 20.3. The van der Waals surface area contributed by atoms with Crippen molar-refractivity contribution < 1.29 is 9.21 Å². The SMILES string of the molecule is Cc1ccc(NC(=O)c2sc3nc(-c4ccc(Cl)cc4)cc(-c4ccco4)c3c2N)cc1. The largest absolute Gasteiger partial charge is 0.464 e. The molecule has 5 nitrogen and oxygen atoms in total. The minimum Gasteiger partial charge on any atom is -0.464 e. The number of pyridine rings is 1. The molecule has 1 amide bonds. The minimum atomic E-state index is -0.271. The van der Waals surface area contributed by atoms with Crippen LogP contribution in [0.15, 0.2) is 77.4 Å². The summed E-state index contributed by atoms with van der Waals surface area (Å²) in [6, 6.07) is 20.7. The van der Waals surface area contributed by atoms with Crippen LogP contribution in [0.1, 0.15) is 15.2 Å². The third-order valence-electron chi connectivity index (χ3n) is 5.14. The summed E-state index contributed by atoms with van der Waals surface area (Å²) in [7, 11) is 0. The van der Waals surface area contributed by atoms with Crippen LogP contribution in [-0.2, 0) is 0 Å². The Morgan fingerprint density at radius 1 is 1.09 bits per heavy atom. The van der Waals surface area contributed by atoms with Gasteiger partial charge < -0.3 is 15.5 Å². The molecular formula is C25H18ClN3O2S. The predicted molar refractivity (Wildman–Crippen MR) is 131 cm³/mol. The number of carbonyl (C=O) groups is 1. The van der Waals surface area contributed by atoms with Crippen molar-refractivity contribution in [3.05, 3.63) is 88.5 Å². The molecule has 0 fully saturated rings. The Labute approximate surface area is 193 Å². The number of nitrogen functional groups attached to an aromatic ring is 1. The van der Waals surface area contributed by atoms with E-state index in [1.165, 1.54) is 11.3 Å². The Morgan fingerprint density at radius 3 is 2.53 bits per heavy atom. The van der Waals surface area contributed by atoms with E-state index in [1.807, 2.05) is 73.7 Å². The highest BCUT2D eigenvalue weighted by molar-refractivity contribution is 7.21. The van der Waals surface area contributed by atoms with Gasteiger partial charge in [-0.1, -0.05) is 41.4 Å². The molecule has 0 saturated carbocycles. The van der Waals surface area contributed by atoms with E-state index in [2.05, 4.69) is 5.32 Å². The average molecular weight is 460 g/mol. The van der Waals surface area contributed by atoms with Gasteiger partial charge in [0.1, 0.15) is 15.5 Å². The van der Waals surface area contributed by atoms with Crippen LogP contribution in [0, 0.1) is 6.92 Å². The molecule has 5 aromatic rings. The molecule has 0 aliphatic rings. The number of aryl methyl sites for hydroxylation is 1. The number of hydrogen-bond donors (Lipinski definition) is 2. The van der Waals surface area contributed by atoms with Crippen LogP contribution in [0.25, 0.3) is 32.8 Å². The van der Waals surface area contributed by atoms with Crippen molar-refractivity contribution in [2.75, 3.05) is 11.1 Å². The average Bonchev–Trinajstić information content (AvgIpc) is 3.44. The molecule has 5 rings (SSSR count). The number of carbonyl (C=O) groups excluding carboxylic acids is 1. The Morgan fingerprint density at radius 2 is 1.84 bits per heavy atom. The number of hydrogen-bond acceptors (Lipinski definition) is 5. The quantitative estimate of drug-likeness (QED) is 0.302. The van der Waals surface area contributed by atoms with Gasteiger partial charge in [-0.25, -0.2) is 4.98 Å². The Bertz CT molecular complexity index is 1420. The second-order valence-electron chi connectivity index (χ2n) is 7.38. The number of halogens is 1. The highest BCUT2D eigenvalue weighted by atomic mass is 35.5. The van der Waals surface area contributed by atoms with Gasteiger partial charge in [0.05, 0.1) is 17.6 Å². The highest BCUT2D eigenvalue weighted by Crippen LogP contribution is 2.41. The first-order valence-electron chi connectivity index (χ1n) is 9.90. The zero-order chi connectivity index (χ0) is 22.2. The Balaban J connectivity index is 1.64. The monoisotopic (exact) mass is 459 g/mol. The number of fused-ring (bicyclic) bond motifs is 1. The van der Waals surface area contributed by atoms with E-state index in [0.717, 1.165) is 22.4 Å². The maximum Gasteiger partial charge on any atom is 0.267 e. The summed E-state index contributed by atoms with van der Waals surface area (Å²) in [5.74, 6) is 0.385. The Kier molecular flexibility index (Phi) is 5.17. The van der Waals surface area contributed by atoms with E-state index in [0.29, 0.717) is 37.3 Å². The van der Waals surface area contributed by atoms with Crippen molar-refractivity contribution in [1.29, 1.82) is 0 Å². The number of benzene rings is 2. The fourth-order valence-electron chi connectivity index (χ4n) is 3.51. The summed E-state index contributed by atoms with van der Waals surface area (Å²) >= 11 is 7.31. The van der Waals surface area contributed by atoms with Gasteiger partial charge in [-0.05, 0) is 49.4 Å². The summed E-state index contributed by atoms with van der Waals surface area (Å²) < 4.78 is 5.67. The lowest BCUT2D eigenvalue weighted by Crippen LogP contribution is -2.11. The van der Waals surface area contributed by atoms with E-state index in [1.54, 1.807) is 6.26 Å². The van der Waals surface area contributed by atoms with E-state index in [4.69, 9.17) is 26.7 Å². The maximum absolute atomic E-state index is 13.0. The number of anilines is 2. The molecule has 0 saturated heterocycles. The van der Waals surface area contributed by atoms with Crippen molar-refractivity contribution >= 4 is 50.4 Å². The second kappa shape index (κ2) is 8.15. The van der Waals surface area contributed by atoms with E-state index in [9.17, 15) is 4.79 Å². The first-order valence-corrected chi connectivity index (χ1v) is 11.1. The van der Waals surface area contributed by atoms with Crippen LogP contribution in [0.2, 0.25) is 5.02 Å². The number of furan rings is 1. The molecule has 32 heavy (non-hydrogen) atoms. The molecular weight excluding hydrogens is 442 g/mol. The Hall–Kier alpha value is -3.61. The zero-order valence-corrected chi connectivity index (χ0v) is 18.6. The molecule has 2 aromatic carbocycles. The molecule has 158 valence electrons. The van der Waals surface area contributed by atoms with Crippen LogP contribution in [0.4, 0.5) is 11.4 Å². The summed E-state index contributed by atoms with van der Waals surface area (Å²) in [6.45, 7) is 2.00. The van der Waals surface area contributed by atoms with Gasteiger partial charge in [0.2, 0.25) is 0 Å². The van der Waals surface area contributed by atoms with E-state index >= 15 is 0 Å². The summed E-state index contributed by atoms with van der Waals surface area (Å²) in [5.41, 5.74) is 11.1. The summed E-state index contributed by atoms with van der Waals surface area (Å²) in [6.07, 6.45) is 1.61. The second-order valence-corrected chi connectivity index (χ2v) is 8.82. The molecule has 0 unspecified atom stereocenters. The first-order chi connectivity index (χ1) is 15.5. The number of nitrogens with two attached hydrogens (primary N) is 1. The van der Waals surface area contributed by atoms with Gasteiger partial charge in [-0.3, -0.25) is 4.79 Å². The number of rotatable bonds is 4. The van der Waals surface area contributed by atoms with Crippen LogP contribution in [0.5, 0.6) is 0 Å². The van der Waals surface area contributed by atoms with Crippen molar-refractivity contribution in [3.8, 4) is 22.6 Å². The molecule has 0 radical (unpaired) electrons. The predicted octanol–water partition coefficient (Wildman–Crippen LogP) is 7.02. The molecule has 0 spiro atoms. The summed E-state index contributed by atoms with van der Waals surface area (Å²) in [5, 5.41) is 4.27. The van der Waals surface area contributed by atoms with E-state index < -0.39 is 0 Å². The van der Waals surface area contributed by atoms with Crippen molar-refractivity contribution in [3.63, 3.8) is 0 Å². The number of nitrogens with zero attached hydrogens (tertiary/aromatic N) is 1. The number of thiophene rings is 1. The summed E-state index contributed by atoms with van der Waals surface area (Å²) in [4.78, 5) is 18.9. The van der Waals surface area contributed by atoms with Crippen LogP contribution >= 0.6 is 22.9 Å². The fraction of sp³-hybridized carbons (Fsp3) is 0.0400. The third-order valence-corrected chi connectivity index (χ3v) is 6.49. The van der Waals surface area contributed by atoms with Crippen molar-refractivity contribution in [1.82, 2.24) is 4.98 Å². The zero-order valence-electron chi connectivity index (χ0n) is 17.1. The maximum atomic E-state index is 13.0. The van der Waals surface area contributed by atoms with Gasteiger partial charge in [0, 0.05) is 27.2 Å². The standard InChI is InChI=1S/C25H18ClN3O2S/c1-14-4-10-17(11-5-14)28-24(30)23-22(27)21-18(20-3-2-12-31-20)13-19(29-25(21)32-23)15-6-8-16(26)9-7-15/h2-13H,27H2,1H3,(H,28,30). The molecule has 0 bridgehead atoms. The lowest BCUT2D eigenvalue weighted by atomic mass is 10.0. The van der Waals surface area contributed by atoms with E-state index in [-0.39, 0.29) is 5.91 Å². The number of nitrogens with one attached hydrogen (secondary N) is 1. The molecule has 3 heterocycles. The fourth-order valence-corrected chi connectivity index (χ4v) is 4.65. The van der Waals surface area contributed by atoms with Gasteiger partial charge in [-0.15, -0.1) is 11.3 Å². The third kappa shape index (κ3) is 3.75. The lowest BCUT2D eigenvalue weighted by Gasteiger charge is -2.07. The van der Waals surface area contributed by atoms with Gasteiger partial charge in [0.25, 0.3) is 5.91 Å². The molecule has 0 aliphatic carbocycles. The normalized spacial score (nSPS) is 11.1. The highest BCUT2D eigenvalue weighted by Gasteiger charge is 2.22. The molecule has 0 atom stereocenters. The topological polar surface area (TPSA) is 81.2 Å². The van der Waals surface area contributed by atoms with Crippen LogP contribution in [0.3, 0.4) is 0 Å². The molecule has 3 aromatic heterocycles. The molecule has 0 aliphatic heterocycles. The van der Waals surface area contributed by atoms with Crippen molar-refractivity contribution in [2.45, 2.75) is 6.92 Å². The van der Waals surface area contributed by atoms with Gasteiger partial charge >= 0.3 is 0 Å². The minimum absolute atomic E-state index is 0.271. The smallest absolute Gasteiger partial charge is 0.267 e. The molecule has 3 N–H and O–H groups in total. The number of aromatic nitrogens is 1. The molecule has 7 heteroatoms. The van der Waals surface area contributed by atoms with Crippen LogP contribution < -0.4 is 11.1 Å². The van der Waals surface area contributed by atoms with Crippen LogP contribution in [-0.4, -0.2) is 10.9 Å². The number of amides is 1. The van der Waals surface area contributed by atoms with Crippen molar-refractivity contribution in [2.24, 2.45) is 0 Å².